The molecule has 1 saturated carbocycles. The molecule has 27 heavy (non-hydrogen) atoms. The molecule has 0 aromatic carbocycles. The first-order valence-electron chi connectivity index (χ1n) is 9.15. The van der Waals surface area contributed by atoms with Crippen LogP contribution in [0.2, 0.25) is 0 Å². The molecule has 1 aliphatic carbocycles. The minimum atomic E-state index is -2.08. The second-order valence-corrected chi connectivity index (χ2v) is 7.71. The molecule has 1 unspecified atom stereocenters. The Morgan fingerprint density at radius 1 is 0.852 bits per heavy atom. The van der Waals surface area contributed by atoms with Crippen molar-refractivity contribution in [3.63, 3.8) is 0 Å². The fourth-order valence-electron chi connectivity index (χ4n) is 4.91. The summed E-state index contributed by atoms with van der Waals surface area (Å²) in [5.41, 5.74) is -2.26. The molecule has 9 heteroatoms. The van der Waals surface area contributed by atoms with Crippen LogP contribution in [0.5, 0.6) is 0 Å². The van der Waals surface area contributed by atoms with Gasteiger partial charge in [-0.15, -0.1) is 0 Å². The first-order chi connectivity index (χ1) is 12.6. The van der Waals surface area contributed by atoms with Gasteiger partial charge in [0.15, 0.2) is 0 Å². The molecule has 0 radical (unpaired) electrons. The van der Waals surface area contributed by atoms with E-state index in [0.29, 0.717) is 19.3 Å². The van der Waals surface area contributed by atoms with Gasteiger partial charge in [-0.05, 0) is 38.5 Å². The molecule has 0 aromatic heterocycles. The first-order valence-corrected chi connectivity index (χ1v) is 9.15. The van der Waals surface area contributed by atoms with Gasteiger partial charge in [-0.1, -0.05) is 6.42 Å². The van der Waals surface area contributed by atoms with Gasteiger partial charge in [0.2, 0.25) is 5.79 Å². The maximum Gasteiger partial charge on any atom is 0.308 e. The Bertz CT molecular complexity index is 610. The van der Waals surface area contributed by atoms with E-state index >= 15 is 0 Å². The topological polar surface area (TPSA) is 158 Å². The van der Waals surface area contributed by atoms with Crippen LogP contribution < -0.4 is 0 Å². The number of hydrogen-bond acceptors (Lipinski definition) is 6. The van der Waals surface area contributed by atoms with Crippen LogP contribution in [0.3, 0.4) is 0 Å². The van der Waals surface area contributed by atoms with Gasteiger partial charge in [0.25, 0.3) is 0 Å². The third-order valence-electron chi connectivity index (χ3n) is 6.27. The summed E-state index contributed by atoms with van der Waals surface area (Å²) in [5, 5.41) is 39.0. The Labute approximate surface area is 156 Å². The van der Waals surface area contributed by atoms with Gasteiger partial charge < -0.3 is 25.2 Å². The largest absolute Gasteiger partial charge is 0.481 e. The number of aliphatic carboxylic acids is 3. The molecule has 2 fully saturated rings. The van der Waals surface area contributed by atoms with Crippen molar-refractivity contribution in [2.45, 2.75) is 76.4 Å². The lowest BCUT2D eigenvalue weighted by Gasteiger charge is -2.61. The highest BCUT2D eigenvalue weighted by molar-refractivity contribution is 5.72. The third-order valence-corrected chi connectivity index (χ3v) is 6.27. The predicted molar refractivity (Wildman–Crippen MR) is 89.6 cm³/mol. The number of carbonyl (C=O) groups excluding carboxylic acids is 1. The zero-order valence-corrected chi connectivity index (χ0v) is 15.1. The van der Waals surface area contributed by atoms with E-state index in [-0.39, 0.29) is 51.4 Å². The molecular formula is C18H26O9. The molecule has 2 rings (SSSR count). The standard InChI is InChI=1S/C18H26O9/c19-12(20)2-8-16(9-3-13(21)22)6-1-7-17(10-4-14(23)24)11-5-15(25)27-18(16,17)26/h26H,1-11H2,(H,19,20)(H,21,22)(H,23,24)/t17-,18?/m0/s1. The van der Waals surface area contributed by atoms with Crippen LogP contribution in [-0.4, -0.2) is 50.1 Å². The van der Waals surface area contributed by atoms with E-state index in [1.807, 2.05) is 0 Å². The number of carboxylic acid groups (broad SMARTS) is 3. The summed E-state index contributed by atoms with van der Waals surface area (Å²) >= 11 is 0. The summed E-state index contributed by atoms with van der Waals surface area (Å²) < 4.78 is 5.43. The van der Waals surface area contributed by atoms with Gasteiger partial charge in [0, 0.05) is 36.5 Å². The quantitative estimate of drug-likeness (QED) is 0.433. The van der Waals surface area contributed by atoms with E-state index in [2.05, 4.69) is 0 Å². The van der Waals surface area contributed by atoms with Crippen LogP contribution >= 0.6 is 0 Å². The van der Waals surface area contributed by atoms with Gasteiger partial charge in [-0.3, -0.25) is 19.2 Å². The summed E-state index contributed by atoms with van der Waals surface area (Å²) in [4.78, 5) is 45.5. The Balaban J connectivity index is 2.48. The fourth-order valence-corrected chi connectivity index (χ4v) is 4.91. The van der Waals surface area contributed by atoms with E-state index in [1.165, 1.54) is 0 Å². The molecule has 2 aliphatic rings. The van der Waals surface area contributed by atoms with E-state index < -0.39 is 40.5 Å². The summed E-state index contributed by atoms with van der Waals surface area (Å²) in [6, 6.07) is 0. The molecule has 1 saturated heterocycles. The van der Waals surface area contributed by atoms with Crippen molar-refractivity contribution in [1.82, 2.24) is 0 Å². The molecule has 1 heterocycles. The molecule has 0 spiro atoms. The SMILES string of the molecule is O=C(O)CCC1(CCC(=O)O)CCC[C@]2(CCC(=O)O)CCC(=O)OC12O. The highest BCUT2D eigenvalue weighted by atomic mass is 16.7. The maximum absolute atomic E-state index is 12.0. The van der Waals surface area contributed by atoms with E-state index in [9.17, 15) is 24.3 Å². The molecular weight excluding hydrogens is 360 g/mol. The van der Waals surface area contributed by atoms with Crippen molar-refractivity contribution >= 4 is 23.9 Å². The minimum Gasteiger partial charge on any atom is -0.481 e. The summed E-state index contributed by atoms with van der Waals surface area (Å²) in [5.74, 6) is -5.96. The lowest BCUT2D eigenvalue weighted by Crippen LogP contribution is -2.66. The van der Waals surface area contributed by atoms with Crippen LogP contribution in [0.4, 0.5) is 0 Å². The van der Waals surface area contributed by atoms with Crippen molar-refractivity contribution in [2.75, 3.05) is 0 Å². The van der Waals surface area contributed by atoms with Gasteiger partial charge >= 0.3 is 23.9 Å². The van der Waals surface area contributed by atoms with Crippen LogP contribution in [0.25, 0.3) is 0 Å². The van der Waals surface area contributed by atoms with Gasteiger partial charge in [0.1, 0.15) is 0 Å². The molecule has 9 nitrogen and oxygen atoms in total. The third kappa shape index (κ3) is 4.07. The van der Waals surface area contributed by atoms with Crippen LogP contribution in [0.1, 0.15) is 70.6 Å². The van der Waals surface area contributed by atoms with E-state index in [0.717, 1.165) is 0 Å². The van der Waals surface area contributed by atoms with Crippen molar-refractivity contribution < 1.29 is 44.3 Å². The molecule has 0 bridgehead atoms. The van der Waals surface area contributed by atoms with E-state index in [4.69, 9.17) is 20.1 Å². The number of rotatable bonds is 9. The molecule has 4 N–H and O–H groups in total. The highest BCUT2D eigenvalue weighted by Gasteiger charge is 2.67. The highest BCUT2D eigenvalue weighted by Crippen LogP contribution is 2.63. The molecule has 0 amide bonds. The summed E-state index contributed by atoms with van der Waals surface area (Å²) in [6.07, 6.45) is 0.720. The number of carbonyl (C=O) groups is 4. The smallest absolute Gasteiger partial charge is 0.308 e. The number of fused-ring (bicyclic) bond motifs is 1. The number of esters is 1. The van der Waals surface area contributed by atoms with Crippen LogP contribution in [0, 0.1) is 10.8 Å². The van der Waals surface area contributed by atoms with Gasteiger partial charge in [-0.25, -0.2) is 0 Å². The lowest BCUT2D eigenvalue weighted by molar-refractivity contribution is -0.352. The zero-order valence-electron chi connectivity index (χ0n) is 15.1. The second kappa shape index (κ2) is 7.84. The van der Waals surface area contributed by atoms with Crippen molar-refractivity contribution in [3.05, 3.63) is 0 Å². The Hall–Kier alpha value is -2.16. The van der Waals surface area contributed by atoms with Crippen molar-refractivity contribution in [1.29, 1.82) is 0 Å². The van der Waals surface area contributed by atoms with Crippen molar-refractivity contribution in [3.8, 4) is 0 Å². The lowest BCUT2D eigenvalue weighted by atomic mass is 9.51. The Morgan fingerprint density at radius 2 is 1.37 bits per heavy atom. The minimum absolute atomic E-state index is 0.0376. The number of carboxylic acids is 3. The molecule has 2 atom stereocenters. The first kappa shape index (κ1) is 21.1. The van der Waals surface area contributed by atoms with Gasteiger partial charge in [0.05, 0.1) is 0 Å². The van der Waals surface area contributed by atoms with Gasteiger partial charge in [-0.2, -0.15) is 0 Å². The predicted octanol–water partition coefficient (Wildman–Crippen LogP) is 1.76. The Morgan fingerprint density at radius 3 is 1.89 bits per heavy atom. The van der Waals surface area contributed by atoms with Crippen molar-refractivity contribution in [2.24, 2.45) is 10.8 Å². The fraction of sp³-hybridized carbons (Fsp3) is 0.778. The number of aliphatic hydroxyl groups is 1. The Kier molecular flexibility index (Phi) is 6.14. The molecule has 0 aromatic rings. The van der Waals surface area contributed by atoms with Crippen LogP contribution in [0.15, 0.2) is 0 Å². The molecule has 1 aliphatic heterocycles. The average Bonchev–Trinajstić information content (AvgIpc) is 2.57. The van der Waals surface area contributed by atoms with Crippen LogP contribution in [-0.2, 0) is 23.9 Å². The van der Waals surface area contributed by atoms with E-state index in [1.54, 1.807) is 0 Å². The number of hydrogen-bond donors (Lipinski definition) is 4. The normalized spacial score (nSPS) is 29.4. The summed E-state index contributed by atoms with van der Waals surface area (Å²) in [7, 11) is 0. The zero-order chi connectivity index (χ0) is 20.3. The summed E-state index contributed by atoms with van der Waals surface area (Å²) in [6.45, 7) is 0. The number of ether oxygens (including phenoxy) is 1. The average molecular weight is 386 g/mol. The molecule has 152 valence electrons. The maximum atomic E-state index is 12.0. The monoisotopic (exact) mass is 386 g/mol. The second-order valence-electron chi connectivity index (χ2n) is 7.71.